The highest BCUT2D eigenvalue weighted by atomic mass is 79.9. The van der Waals surface area contributed by atoms with Crippen LogP contribution >= 0.6 is 15.9 Å². The first-order valence-corrected chi connectivity index (χ1v) is 3.75. The number of rotatable bonds is 2. The van der Waals surface area contributed by atoms with Crippen LogP contribution in [0.2, 0.25) is 0 Å². The van der Waals surface area contributed by atoms with E-state index in [-0.39, 0.29) is 11.4 Å². The van der Waals surface area contributed by atoms with Crippen LogP contribution in [0.15, 0.2) is 10.1 Å². The van der Waals surface area contributed by atoms with Gasteiger partial charge in [0.1, 0.15) is 5.57 Å². The molecule has 0 heterocycles. The molecule has 4 heteroatoms. The number of esters is 1. The highest BCUT2D eigenvalue weighted by Gasteiger charge is 2.16. The first-order chi connectivity index (χ1) is 5.00. The van der Waals surface area contributed by atoms with E-state index in [1.165, 1.54) is 14.0 Å². The molecule has 0 aliphatic heterocycles. The average molecular weight is 221 g/mol. The molecule has 0 fully saturated rings. The summed E-state index contributed by atoms with van der Waals surface area (Å²) in [5.41, 5.74) is 0.0625. The summed E-state index contributed by atoms with van der Waals surface area (Å²) in [5, 5.41) is 0. The van der Waals surface area contributed by atoms with Gasteiger partial charge in [0.2, 0.25) is 0 Å². The summed E-state index contributed by atoms with van der Waals surface area (Å²) in [6.45, 7) is 2.94. The van der Waals surface area contributed by atoms with Crippen molar-refractivity contribution in [2.24, 2.45) is 0 Å². The summed E-state index contributed by atoms with van der Waals surface area (Å²) in [5.74, 6) is -0.905. The highest BCUT2D eigenvalue weighted by Crippen LogP contribution is 2.12. The highest BCUT2D eigenvalue weighted by molar-refractivity contribution is 9.11. The molecule has 0 spiro atoms. The third-order valence-corrected chi connectivity index (χ3v) is 1.48. The van der Waals surface area contributed by atoms with E-state index in [9.17, 15) is 9.59 Å². The molecule has 0 aliphatic rings. The van der Waals surface area contributed by atoms with Gasteiger partial charge in [-0.3, -0.25) is 4.79 Å². The van der Waals surface area contributed by atoms with E-state index >= 15 is 0 Å². The molecule has 0 radical (unpaired) electrons. The predicted octanol–water partition coefficient (Wildman–Crippen LogP) is 1.42. The summed E-state index contributed by atoms with van der Waals surface area (Å²) in [4.78, 5) is 21.7. The lowest BCUT2D eigenvalue weighted by atomic mass is 10.2. The van der Waals surface area contributed by atoms with Crippen molar-refractivity contribution >= 4 is 27.7 Å². The van der Waals surface area contributed by atoms with Gasteiger partial charge in [0.15, 0.2) is 5.78 Å². The summed E-state index contributed by atoms with van der Waals surface area (Å²) < 4.78 is 4.88. The van der Waals surface area contributed by atoms with Crippen LogP contribution in [0, 0.1) is 0 Å². The molecular formula is C7H9BrO3. The third kappa shape index (κ3) is 2.84. The van der Waals surface area contributed by atoms with E-state index in [4.69, 9.17) is 0 Å². The number of ether oxygens (including phenoxy) is 1. The van der Waals surface area contributed by atoms with Crippen LogP contribution in [0.3, 0.4) is 0 Å². The van der Waals surface area contributed by atoms with Crippen molar-refractivity contribution in [3.8, 4) is 0 Å². The second-order valence-electron chi connectivity index (χ2n) is 1.96. The van der Waals surface area contributed by atoms with Crippen LogP contribution in [0.1, 0.15) is 13.8 Å². The Balaban J connectivity index is 4.79. The molecule has 11 heavy (non-hydrogen) atoms. The zero-order valence-electron chi connectivity index (χ0n) is 6.60. The fourth-order valence-electron chi connectivity index (χ4n) is 0.629. The van der Waals surface area contributed by atoms with Crippen molar-refractivity contribution < 1.29 is 14.3 Å². The van der Waals surface area contributed by atoms with Crippen LogP contribution in [-0.4, -0.2) is 18.9 Å². The van der Waals surface area contributed by atoms with E-state index < -0.39 is 5.97 Å². The molecule has 0 aromatic rings. The van der Waals surface area contributed by atoms with Crippen molar-refractivity contribution in [1.29, 1.82) is 0 Å². The maximum atomic E-state index is 10.9. The van der Waals surface area contributed by atoms with Gasteiger partial charge in [0.25, 0.3) is 0 Å². The number of hydrogen-bond donors (Lipinski definition) is 0. The Labute approximate surface area is 73.5 Å². The lowest BCUT2D eigenvalue weighted by molar-refractivity contribution is -0.137. The molecule has 0 atom stereocenters. The lowest BCUT2D eigenvalue weighted by Crippen LogP contribution is -2.12. The SMILES string of the molecule is COC(=O)C(C(C)=O)=C(C)Br. The molecule has 62 valence electrons. The van der Waals surface area contributed by atoms with Crippen molar-refractivity contribution in [3.63, 3.8) is 0 Å². The number of carbonyl (C=O) groups excluding carboxylic acids is 2. The first kappa shape index (κ1) is 10.4. The number of allylic oxidation sites excluding steroid dienone is 1. The van der Waals surface area contributed by atoms with Crippen molar-refractivity contribution in [3.05, 3.63) is 10.1 Å². The van der Waals surface area contributed by atoms with Crippen LogP contribution < -0.4 is 0 Å². The van der Waals surface area contributed by atoms with Crippen LogP contribution in [-0.2, 0) is 14.3 Å². The zero-order chi connectivity index (χ0) is 9.02. The van der Waals surface area contributed by atoms with Crippen molar-refractivity contribution in [1.82, 2.24) is 0 Å². The Hall–Kier alpha value is -0.640. The Morgan fingerprint density at radius 2 is 1.73 bits per heavy atom. The van der Waals surface area contributed by atoms with E-state index in [1.807, 2.05) is 0 Å². The summed E-state index contributed by atoms with van der Waals surface area (Å²) >= 11 is 3.04. The predicted molar refractivity (Wildman–Crippen MR) is 44.3 cm³/mol. The van der Waals surface area contributed by atoms with Gasteiger partial charge < -0.3 is 4.74 Å². The van der Waals surface area contributed by atoms with Crippen molar-refractivity contribution in [2.75, 3.05) is 7.11 Å². The van der Waals surface area contributed by atoms with E-state index in [2.05, 4.69) is 20.7 Å². The molecule has 0 unspecified atom stereocenters. The van der Waals surface area contributed by atoms with Gasteiger partial charge in [0, 0.05) is 4.48 Å². The molecule has 0 amide bonds. The zero-order valence-corrected chi connectivity index (χ0v) is 8.19. The number of ketones is 1. The first-order valence-electron chi connectivity index (χ1n) is 2.96. The largest absolute Gasteiger partial charge is 0.465 e. The Morgan fingerprint density at radius 1 is 1.27 bits per heavy atom. The Morgan fingerprint density at radius 3 is 1.82 bits per heavy atom. The Kier molecular flexibility index (Phi) is 4.03. The van der Waals surface area contributed by atoms with E-state index in [1.54, 1.807) is 6.92 Å². The molecule has 0 bridgehead atoms. The molecule has 0 saturated heterocycles. The molecule has 0 aliphatic carbocycles. The topological polar surface area (TPSA) is 43.4 Å². The van der Waals surface area contributed by atoms with E-state index in [0.717, 1.165) is 0 Å². The Bertz CT molecular complexity index is 214. The average Bonchev–Trinajstić information content (AvgIpc) is 1.85. The number of carbonyl (C=O) groups is 2. The molecule has 0 aromatic heterocycles. The molecular weight excluding hydrogens is 212 g/mol. The summed E-state index contributed by atoms with van der Waals surface area (Å²) in [7, 11) is 1.24. The van der Waals surface area contributed by atoms with Gasteiger partial charge in [-0.1, -0.05) is 15.9 Å². The third-order valence-electron chi connectivity index (χ3n) is 1.09. The smallest absolute Gasteiger partial charge is 0.342 e. The van der Waals surface area contributed by atoms with Crippen LogP contribution in [0.25, 0.3) is 0 Å². The van der Waals surface area contributed by atoms with Gasteiger partial charge in [0.05, 0.1) is 7.11 Å². The number of halogens is 1. The normalized spacial score (nSPS) is 12.0. The number of Topliss-reactive ketones (excluding diaryl/α,β-unsaturated/α-hetero) is 1. The molecule has 0 saturated carbocycles. The maximum Gasteiger partial charge on any atom is 0.342 e. The lowest BCUT2D eigenvalue weighted by Gasteiger charge is -2.00. The fraction of sp³-hybridized carbons (Fsp3) is 0.429. The minimum Gasteiger partial charge on any atom is -0.465 e. The standard InChI is InChI=1S/C7H9BrO3/c1-4(8)6(5(2)9)7(10)11-3/h1-3H3. The maximum absolute atomic E-state index is 10.9. The monoisotopic (exact) mass is 220 g/mol. The fourth-order valence-corrected chi connectivity index (χ4v) is 1.07. The van der Waals surface area contributed by atoms with Gasteiger partial charge in [-0.25, -0.2) is 4.79 Å². The molecule has 3 nitrogen and oxygen atoms in total. The van der Waals surface area contributed by atoms with Gasteiger partial charge in [-0.05, 0) is 13.8 Å². The minimum atomic E-state index is -0.605. The molecule has 0 aromatic carbocycles. The second kappa shape index (κ2) is 4.28. The summed E-state index contributed by atoms with van der Waals surface area (Å²) in [6.07, 6.45) is 0. The van der Waals surface area contributed by atoms with Crippen LogP contribution in [0.5, 0.6) is 0 Å². The minimum absolute atomic E-state index is 0.0625. The number of hydrogen-bond acceptors (Lipinski definition) is 3. The van der Waals surface area contributed by atoms with Gasteiger partial charge in [-0.15, -0.1) is 0 Å². The van der Waals surface area contributed by atoms with E-state index in [0.29, 0.717) is 4.48 Å². The molecule has 0 rings (SSSR count). The van der Waals surface area contributed by atoms with Gasteiger partial charge in [-0.2, -0.15) is 0 Å². The van der Waals surface area contributed by atoms with Gasteiger partial charge >= 0.3 is 5.97 Å². The van der Waals surface area contributed by atoms with Crippen molar-refractivity contribution in [2.45, 2.75) is 13.8 Å². The summed E-state index contributed by atoms with van der Waals surface area (Å²) in [6, 6.07) is 0. The quantitative estimate of drug-likeness (QED) is 0.306. The number of methoxy groups -OCH3 is 1. The second-order valence-corrected chi connectivity index (χ2v) is 3.15. The molecule has 0 N–H and O–H groups in total. The van der Waals surface area contributed by atoms with Crippen LogP contribution in [0.4, 0.5) is 0 Å².